The fraction of sp³-hybridized carbons (Fsp3) is 1.00. The fourth-order valence-electron chi connectivity index (χ4n) is 1.70. The first kappa shape index (κ1) is 8.98. The first-order valence-electron chi connectivity index (χ1n) is 4.60. The maximum atomic E-state index is 13.1. The summed E-state index contributed by atoms with van der Waals surface area (Å²) in [4.78, 5) is 0. The molecule has 1 nitrogen and oxygen atoms in total. The van der Waals surface area contributed by atoms with Gasteiger partial charge in [0, 0.05) is 12.1 Å². The number of rotatable bonds is 2. The third kappa shape index (κ3) is 2.78. The van der Waals surface area contributed by atoms with Crippen LogP contribution in [0.2, 0.25) is 0 Å². The lowest BCUT2D eigenvalue weighted by Crippen LogP contribution is -2.43. The number of nitrogens with one attached hydrogen (secondary N) is 1. The molecule has 0 spiro atoms. The molecule has 1 rings (SSSR count). The second-order valence-electron chi connectivity index (χ2n) is 3.73. The smallest absolute Gasteiger partial charge is 0.115 e. The van der Waals surface area contributed by atoms with Gasteiger partial charge in [-0.05, 0) is 12.8 Å². The van der Waals surface area contributed by atoms with Crippen LogP contribution in [0.25, 0.3) is 0 Å². The Morgan fingerprint density at radius 3 is 2.45 bits per heavy atom. The minimum absolute atomic E-state index is 0.128. The molecule has 0 aromatic carbocycles. The van der Waals surface area contributed by atoms with Gasteiger partial charge in [0.1, 0.15) is 6.17 Å². The van der Waals surface area contributed by atoms with Crippen LogP contribution in [0.3, 0.4) is 0 Å². The Labute approximate surface area is 68.4 Å². The highest BCUT2D eigenvalue weighted by Gasteiger charge is 2.24. The molecule has 1 fully saturated rings. The predicted octanol–water partition coefficient (Wildman–Crippen LogP) is 2.27. The zero-order valence-corrected chi connectivity index (χ0v) is 7.44. The molecule has 1 aliphatic rings. The van der Waals surface area contributed by atoms with Crippen molar-refractivity contribution in [3.63, 3.8) is 0 Å². The van der Waals surface area contributed by atoms with Crippen LogP contribution in [0.1, 0.15) is 39.5 Å². The SMILES string of the molecule is CC(C)N[C@H]1CCCC[C@@H]1F. The molecule has 2 atom stereocenters. The van der Waals surface area contributed by atoms with E-state index in [0.29, 0.717) is 6.04 Å². The molecular weight excluding hydrogens is 141 g/mol. The molecule has 0 radical (unpaired) electrons. The van der Waals surface area contributed by atoms with E-state index in [9.17, 15) is 4.39 Å². The molecule has 0 aromatic heterocycles. The lowest BCUT2D eigenvalue weighted by Gasteiger charge is -2.28. The predicted molar refractivity (Wildman–Crippen MR) is 45.4 cm³/mol. The summed E-state index contributed by atoms with van der Waals surface area (Å²) in [5, 5.41) is 3.26. The van der Waals surface area contributed by atoms with Crippen LogP contribution < -0.4 is 5.32 Å². The zero-order valence-electron chi connectivity index (χ0n) is 7.44. The van der Waals surface area contributed by atoms with Crippen molar-refractivity contribution >= 4 is 0 Å². The molecule has 1 aliphatic carbocycles. The summed E-state index contributed by atoms with van der Waals surface area (Å²) in [7, 11) is 0. The molecule has 1 saturated carbocycles. The quantitative estimate of drug-likeness (QED) is 0.651. The molecular formula is C9H18FN. The maximum absolute atomic E-state index is 13.1. The molecule has 0 aliphatic heterocycles. The average molecular weight is 159 g/mol. The van der Waals surface area contributed by atoms with Crippen LogP contribution in [0.4, 0.5) is 4.39 Å². The Bertz CT molecular complexity index is 114. The Kier molecular flexibility index (Phi) is 3.31. The van der Waals surface area contributed by atoms with E-state index in [1.54, 1.807) is 0 Å². The fourth-order valence-corrected chi connectivity index (χ4v) is 1.70. The van der Waals surface area contributed by atoms with E-state index in [0.717, 1.165) is 19.3 Å². The molecule has 11 heavy (non-hydrogen) atoms. The Balaban J connectivity index is 2.29. The van der Waals surface area contributed by atoms with E-state index in [4.69, 9.17) is 0 Å². The van der Waals surface area contributed by atoms with Crippen LogP contribution in [0.15, 0.2) is 0 Å². The summed E-state index contributed by atoms with van der Waals surface area (Å²) in [6.07, 6.45) is 3.41. The van der Waals surface area contributed by atoms with Crippen molar-refractivity contribution in [3.8, 4) is 0 Å². The Morgan fingerprint density at radius 1 is 1.27 bits per heavy atom. The van der Waals surface area contributed by atoms with E-state index in [1.165, 1.54) is 6.42 Å². The minimum atomic E-state index is -0.605. The molecule has 2 heteroatoms. The molecule has 0 aromatic rings. The van der Waals surface area contributed by atoms with Crippen molar-refractivity contribution in [3.05, 3.63) is 0 Å². The molecule has 1 N–H and O–H groups in total. The summed E-state index contributed by atoms with van der Waals surface area (Å²) in [6.45, 7) is 4.14. The van der Waals surface area contributed by atoms with Gasteiger partial charge >= 0.3 is 0 Å². The zero-order chi connectivity index (χ0) is 8.27. The maximum Gasteiger partial charge on any atom is 0.115 e. The van der Waals surface area contributed by atoms with Crippen molar-refractivity contribution in [2.24, 2.45) is 0 Å². The molecule has 0 bridgehead atoms. The van der Waals surface area contributed by atoms with E-state index in [-0.39, 0.29) is 6.04 Å². The van der Waals surface area contributed by atoms with Gasteiger partial charge in [-0.15, -0.1) is 0 Å². The van der Waals surface area contributed by atoms with Crippen molar-refractivity contribution in [1.29, 1.82) is 0 Å². The van der Waals surface area contributed by atoms with E-state index < -0.39 is 6.17 Å². The summed E-state index contributed by atoms with van der Waals surface area (Å²) in [6, 6.07) is 0.542. The molecule has 0 amide bonds. The third-order valence-corrected chi connectivity index (χ3v) is 2.23. The van der Waals surface area contributed by atoms with Crippen molar-refractivity contribution < 1.29 is 4.39 Å². The van der Waals surface area contributed by atoms with Gasteiger partial charge in [-0.1, -0.05) is 26.7 Å². The summed E-state index contributed by atoms with van der Waals surface area (Å²) >= 11 is 0. The lowest BCUT2D eigenvalue weighted by atomic mass is 9.93. The highest BCUT2D eigenvalue weighted by atomic mass is 19.1. The van der Waals surface area contributed by atoms with Gasteiger partial charge in [0.2, 0.25) is 0 Å². The van der Waals surface area contributed by atoms with Crippen LogP contribution in [0.5, 0.6) is 0 Å². The van der Waals surface area contributed by atoms with Gasteiger partial charge in [-0.2, -0.15) is 0 Å². The van der Waals surface area contributed by atoms with Gasteiger partial charge in [0.15, 0.2) is 0 Å². The van der Waals surface area contributed by atoms with Crippen molar-refractivity contribution in [2.45, 2.75) is 57.8 Å². The van der Waals surface area contributed by atoms with Crippen molar-refractivity contribution in [2.75, 3.05) is 0 Å². The second-order valence-corrected chi connectivity index (χ2v) is 3.73. The Hall–Kier alpha value is -0.110. The van der Waals surface area contributed by atoms with Gasteiger partial charge in [0.05, 0.1) is 0 Å². The van der Waals surface area contributed by atoms with Gasteiger partial charge < -0.3 is 5.32 Å². The normalized spacial score (nSPS) is 32.7. The monoisotopic (exact) mass is 159 g/mol. The van der Waals surface area contributed by atoms with Gasteiger partial charge in [0.25, 0.3) is 0 Å². The van der Waals surface area contributed by atoms with Crippen LogP contribution >= 0.6 is 0 Å². The Morgan fingerprint density at radius 2 is 1.91 bits per heavy atom. The summed E-state index contributed by atoms with van der Waals surface area (Å²) in [5.74, 6) is 0. The highest BCUT2D eigenvalue weighted by molar-refractivity contribution is 4.81. The second kappa shape index (κ2) is 4.05. The first-order valence-corrected chi connectivity index (χ1v) is 4.60. The largest absolute Gasteiger partial charge is 0.309 e. The van der Waals surface area contributed by atoms with Gasteiger partial charge in [-0.3, -0.25) is 0 Å². The van der Waals surface area contributed by atoms with E-state index >= 15 is 0 Å². The molecule has 0 saturated heterocycles. The topological polar surface area (TPSA) is 12.0 Å². The van der Waals surface area contributed by atoms with Gasteiger partial charge in [-0.25, -0.2) is 4.39 Å². The first-order chi connectivity index (χ1) is 5.20. The lowest BCUT2D eigenvalue weighted by molar-refractivity contribution is 0.182. The number of hydrogen-bond donors (Lipinski definition) is 1. The standard InChI is InChI=1S/C9H18FN/c1-7(2)11-9-6-4-3-5-8(9)10/h7-9,11H,3-6H2,1-2H3/t8-,9-/m0/s1. The van der Waals surface area contributed by atoms with Crippen LogP contribution in [-0.2, 0) is 0 Å². The third-order valence-electron chi connectivity index (χ3n) is 2.23. The van der Waals surface area contributed by atoms with Crippen LogP contribution in [0, 0.1) is 0 Å². The molecule has 0 heterocycles. The number of hydrogen-bond acceptors (Lipinski definition) is 1. The average Bonchev–Trinajstić information content (AvgIpc) is 1.93. The summed E-state index contributed by atoms with van der Waals surface area (Å²) in [5.41, 5.74) is 0. The van der Waals surface area contributed by atoms with E-state index in [2.05, 4.69) is 19.2 Å². The summed E-state index contributed by atoms with van der Waals surface area (Å²) < 4.78 is 13.1. The molecule has 66 valence electrons. The molecule has 0 unspecified atom stereocenters. The highest BCUT2D eigenvalue weighted by Crippen LogP contribution is 2.21. The number of alkyl halides is 1. The van der Waals surface area contributed by atoms with Crippen LogP contribution in [-0.4, -0.2) is 18.3 Å². The van der Waals surface area contributed by atoms with E-state index in [1.807, 2.05) is 0 Å². The van der Waals surface area contributed by atoms with Crippen molar-refractivity contribution in [1.82, 2.24) is 5.32 Å². The number of halogens is 1. The minimum Gasteiger partial charge on any atom is -0.309 e.